The predicted octanol–water partition coefficient (Wildman–Crippen LogP) is 3.09. The monoisotopic (exact) mass is 406 g/mol. The summed E-state index contributed by atoms with van der Waals surface area (Å²) in [4.78, 5) is 28.1. The zero-order chi connectivity index (χ0) is 21.1. The van der Waals surface area contributed by atoms with Crippen molar-refractivity contribution < 1.29 is 22.7 Å². The van der Waals surface area contributed by atoms with Gasteiger partial charge in [0, 0.05) is 17.8 Å². The number of aromatic nitrogens is 1. The van der Waals surface area contributed by atoms with Crippen molar-refractivity contribution in [2.24, 2.45) is 0 Å². The summed E-state index contributed by atoms with van der Waals surface area (Å²) in [7, 11) is -2.58. The highest BCUT2D eigenvalue weighted by Gasteiger charge is 2.35. The largest absolute Gasteiger partial charge is 0.464 e. The number of ether oxygens (including phenoxy) is 1. The highest BCUT2D eigenvalue weighted by Crippen LogP contribution is 2.25. The highest BCUT2D eigenvalue weighted by atomic mass is 32.2. The van der Waals surface area contributed by atoms with Gasteiger partial charge in [0.2, 0.25) is 10.0 Å². The van der Waals surface area contributed by atoms with Gasteiger partial charge in [0.1, 0.15) is 5.69 Å². The molecule has 0 radical (unpaired) electrons. The van der Waals surface area contributed by atoms with Crippen LogP contribution in [0.1, 0.15) is 52.4 Å². The minimum atomic E-state index is -3.84. The fourth-order valence-electron chi connectivity index (χ4n) is 3.24. The van der Waals surface area contributed by atoms with Gasteiger partial charge in [-0.25, -0.2) is 13.2 Å². The maximum absolute atomic E-state index is 13.2. The number of aromatic amines is 1. The van der Waals surface area contributed by atoms with Crippen molar-refractivity contribution in [3.8, 4) is 0 Å². The number of benzene rings is 1. The Morgan fingerprint density at radius 2 is 1.79 bits per heavy atom. The molecule has 7 nitrogen and oxygen atoms in total. The second-order valence-electron chi connectivity index (χ2n) is 6.59. The van der Waals surface area contributed by atoms with E-state index in [4.69, 9.17) is 4.74 Å². The normalized spacial score (nSPS) is 12.8. The van der Waals surface area contributed by atoms with Crippen molar-refractivity contribution in [3.63, 3.8) is 0 Å². The number of nitrogens with zero attached hydrogens (tertiary/aromatic N) is 1. The number of carbonyl (C=O) groups excluding carboxylic acids is 2. The lowest BCUT2D eigenvalue weighted by Gasteiger charge is -2.27. The number of carbonyl (C=O) groups is 2. The van der Waals surface area contributed by atoms with Gasteiger partial charge in [0.25, 0.3) is 0 Å². The second-order valence-corrected chi connectivity index (χ2v) is 8.48. The summed E-state index contributed by atoms with van der Waals surface area (Å²) in [5, 5.41) is 0. The molecular weight excluding hydrogens is 380 g/mol. The number of H-pyrrole nitrogens is 1. The molecule has 0 bridgehead atoms. The molecule has 0 amide bonds. The minimum Gasteiger partial charge on any atom is -0.464 e. The van der Waals surface area contributed by atoms with Gasteiger partial charge in [-0.15, -0.1) is 0 Å². The molecule has 1 N–H and O–H groups in total. The average molecular weight is 407 g/mol. The van der Waals surface area contributed by atoms with Gasteiger partial charge in [-0.1, -0.05) is 25.1 Å². The molecule has 8 heteroatoms. The Balaban J connectivity index is 2.47. The van der Waals surface area contributed by atoms with E-state index in [-0.39, 0.29) is 22.9 Å². The smallest absolute Gasteiger partial charge is 0.354 e. The summed E-state index contributed by atoms with van der Waals surface area (Å²) < 4.78 is 32.2. The maximum atomic E-state index is 13.2. The SMILES string of the molecule is CCCN(C(C)C(=O)c1c(C)[nH]c(C(=O)OC)c1C)S(=O)(=O)c1ccccc1. The number of aryl methyl sites for hydroxylation is 1. The van der Waals surface area contributed by atoms with Crippen molar-refractivity contribution in [1.82, 2.24) is 9.29 Å². The Kier molecular flexibility index (Phi) is 6.79. The molecule has 28 heavy (non-hydrogen) atoms. The molecule has 0 aliphatic rings. The third kappa shape index (κ3) is 4.02. The van der Waals surface area contributed by atoms with E-state index in [0.29, 0.717) is 23.2 Å². The van der Waals surface area contributed by atoms with Crippen LogP contribution in [0, 0.1) is 13.8 Å². The van der Waals surface area contributed by atoms with E-state index in [1.165, 1.54) is 23.5 Å². The number of rotatable bonds is 8. The number of sulfonamides is 1. The van der Waals surface area contributed by atoms with Crippen molar-refractivity contribution in [2.75, 3.05) is 13.7 Å². The Morgan fingerprint density at radius 1 is 1.18 bits per heavy atom. The Morgan fingerprint density at radius 3 is 2.32 bits per heavy atom. The highest BCUT2D eigenvalue weighted by molar-refractivity contribution is 7.89. The van der Waals surface area contributed by atoms with Crippen LogP contribution < -0.4 is 0 Å². The van der Waals surface area contributed by atoms with E-state index >= 15 is 0 Å². The van der Waals surface area contributed by atoms with Gasteiger partial charge < -0.3 is 9.72 Å². The van der Waals surface area contributed by atoms with E-state index < -0.39 is 22.0 Å². The van der Waals surface area contributed by atoms with Crippen LogP contribution in [0.4, 0.5) is 0 Å². The molecule has 0 aliphatic heterocycles. The summed E-state index contributed by atoms with van der Waals surface area (Å²) in [5.74, 6) is -0.941. The lowest BCUT2D eigenvalue weighted by Crippen LogP contribution is -2.43. The van der Waals surface area contributed by atoms with Crippen LogP contribution in [-0.2, 0) is 14.8 Å². The van der Waals surface area contributed by atoms with Crippen LogP contribution in [0.15, 0.2) is 35.2 Å². The molecule has 0 fully saturated rings. The first-order chi connectivity index (χ1) is 13.2. The lowest BCUT2D eigenvalue weighted by molar-refractivity contribution is 0.0594. The molecule has 0 aliphatic carbocycles. The Bertz CT molecular complexity index is 964. The number of methoxy groups -OCH3 is 1. The predicted molar refractivity (Wildman–Crippen MR) is 106 cm³/mol. The Labute approximate surface area is 165 Å². The summed E-state index contributed by atoms with van der Waals surface area (Å²) in [6.07, 6.45) is 0.558. The molecule has 2 aromatic rings. The lowest BCUT2D eigenvalue weighted by atomic mass is 10.0. The molecule has 152 valence electrons. The first kappa shape index (κ1) is 21.8. The molecule has 0 saturated heterocycles. The van der Waals surface area contributed by atoms with Crippen LogP contribution >= 0.6 is 0 Å². The van der Waals surface area contributed by atoms with Crippen molar-refractivity contribution in [3.05, 3.63) is 52.8 Å². The van der Waals surface area contributed by atoms with Gasteiger partial charge in [-0.2, -0.15) is 4.31 Å². The van der Waals surface area contributed by atoms with Gasteiger partial charge in [-0.05, 0) is 44.9 Å². The van der Waals surface area contributed by atoms with E-state index in [2.05, 4.69) is 4.98 Å². The number of nitrogens with one attached hydrogen (secondary N) is 1. The van der Waals surface area contributed by atoms with Crippen molar-refractivity contribution >= 4 is 21.8 Å². The zero-order valence-electron chi connectivity index (χ0n) is 16.8. The van der Waals surface area contributed by atoms with Gasteiger partial charge in [-0.3, -0.25) is 4.79 Å². The fraction of sp³-hybridized carbons (Fsp3) is 0.400. The maximum Gasteiger partial charge on any atom is 0.354 e. The quantitative estimate of drug-likeness (QED) is 0.537. The number of hydrogen-bond acceptors (Lipinski definition) is 5. The van der Waals surface area contributed by atoms with E-state index in [9.17, 15) is 18.0 Å². The molecule has 2 rings (SSSR count). The standard InChI is InChI=1S/C20H26N2O5S/c1-6-12-22(28(25,26)16-10-8-7-9-11-16)15(4)19(23)17-13(2)18(20(24)27-5)21-14(17)3/h7-11,15,21H,6,12H2,1-5H3. The summed E-state index contributed by atoms with van der Waals surface area (Å²) in [6, 6.07) is 7.12. The molecule has 0 saturated carbocycles. The summed E-state index contributed by atoms with van der Waals surface area (Å²) in [5.41, 5.74) is 1.47. The van der Waals surface area contributed by atoms with Gasteiger partial charge in [0.15, 0.2) is 5.78 Å². The van der Waals surface area contributed by atoms with Crippen LogP contribution in [-0.4, -0.2) is 49.2 Å². The van der Waals surface area contributed by atoms with Gasteiger partial charge in [0.05, 0.1) is 18.0 Å². The topological polar surface area (TPSA) is 96.5 Å². The van der Waals surface area contributed by atoms with Crippen LogP contribution in [0.3, 0.4) is 0 Å². The molecule has 1 unspecified atom stereocenters. The molecule has 1 atom stereocenters. The molecule has 1 aromatic heterocycles. The van der Waals surface area contributed by atoms with Crippen LogP contribution in [0.25, 0.3) is 0 Å². The molecule has 0 spiro atoms. The third-order valence-corrected chi connectivity index (χ3v) is 6.66. The van der Waals surface area contributed by atoms with E-state index in [1.54, 1.807) is 39.0 Å². The summed E-state index contributed by atoms with van der Waals surface area (Å²) >= 11 is 0. The van der Waals surface area contributed by atoms with E-state index in [1.807, 2.05) is 6.92 Å². The van der Waals surface area contributed by atoms with E-state index in [0.717, 1.165) is 0 Å². The van der Waals surface area contributed by atoms with Crippen LogP contribution in [0.5, 0.6) is 0 Å². The minimum absolute atomic E-state index is 0.140. The number of hydrogen-bond donors (Lipinski definition) is 1. The fourth-order valence-corrected chi connectivity index (χ4v) is 4.94. The van der Waals surface area contributed by atoms with Crippen molar-refractivity contribution in [1.29, 1.82) is 0 Å². The average Bonchev–Trinajstić information content (AvgIpc) is 2.99. The first-order valence-electron chi connectivity index (χ1n) is 9.05. The Hall–Kier alpha value is -2.45. The number of esters is 1. The van der Waals surface area contributed by atoms with Crippen LogP contribution in [0.2, 0.25) is 0 Å². The molecular formula is C20H26N2O5S. The van der Waals surface area contributed by atoms with Gasteiger partial charge >= 0.3 is 5.97 Å². The second kappa shape index (κ2) is 8.70. The third-order valence-electron chi connectivity index (χ3n) is 4.68. The molecule has 1 heterocycles. The summed E-state index contributed by atoms with van der Waals surface area (Å²) in [6.45, 7) is 6.95. The number of ketones is 1. The number of Topliss-reactive ketones (excluding diaryl/α,β-unsaturated/α-hetero) is 1. The van der Waals surface area contributed by atoms with Crippen molar-refractivity contribution in [2.45, 2.75) is 45.1 Å². The first-order valence-corrected chi connectivity index (χ1v) is 10.5. The molecule has 1 aromatic carbocycles. The zero-order valence-corrected chi connectivity index (χ0v) is 17.6.